The lowest BCUT2D eigenvalue weighted by molar-refractivity contribution is 0.119. The number of nitrogens with two attached hydrogens (primary N) is 1. The van der Waals surface area contributed by atoms with Gasteiger partial charge in [-0.3, -0.25) is 0 Å². The van der Waals surface area contributed by atoms with Crippen LogP contribution in [0.1, 0.15) is 29.2 Å². The van der Waals surface area contributed by atoms with Crippen molar-refractivity contribution in [1.82, 2.24) is 0 Å². The lowest BCUT2D eigenvalue weighted by Crippen LogP contribution is -2.17. The quantitative estimate of drug-likeness (QED) is 0.779. The van der Waals surface area contributed by atoms with E-state index in [1.165, 1.54) is 11.1 Å². The topological polar surface area (TPSA) is 35.2 Å². The van der Waals surface area contributed by atoms with Gasteiger partial charge in [-0.05, 0) is 30.9 Å². The Labute approximate surface area is 121 Å². The van der Waals surface area contributed by atoms with Gasteiger partial charge in [-0.25, -0.2) is 0 Å². The van der Waals surface area contributed by atoms with Crippen LogP contribution in [0.5, 0.6) is 0 Å². The zero-order chi connectivity index (χ0) is 14.2. The molecule has 2 aromatic rings. The fourth-order valence-electron chi connectivity index (χ4n) is 2.14. The maximum absolute atomic E-state index is 6.11. The molecule has 0 radical (unpaired) electrons. The Balaban J connectivity index is 1.64. The van der Waals surface area contributed by atoms with Gasteiger partial charge < -0.3 is 10.5 Å². The fraction of sp³-hybridized carbons (Fsp3) is 0.333. The second-order valence-corrected chi connectivity index (χ2v) is 5.18. The van der Waals surface area contributed by atoms with Crippen LogP contribution >= 0.6 is 0 Å². The first-order chi connectivity index (χ1) is 9.75. The number of benzene rings is 2. The minimum Gasteiger partial charge on any atom is -0.379 e. The molecular weight excluding hydrogens is 246 g/mol. The highest BCUT2D eigenvalue weighted by Crippen LogP contribution is 2.12. The van der Waals surface area contributed by atoms with Gasteiger partial charge in [0.1, 0.15) is 0 Å². The summed E-state index contributed by atoms with van der Waals surface area (Å²) >= 11 is 0. The van der Waals surface area contributed by atoms with Gasteiger partial charge >= 0.3 is 0 Å². The Bertz CT molecular complexity index is 493. The number of aryl methyl sites for hydroxylation is 2. The predicted octanol–water partition coefficient (Wildman–Crippen LogP) is 3.64. The van der Waals surface area contributed by atoms with Gasteiger partial charge in [-0.2, -0.15) is 0 Å². The van der Waals surface area contributed by atoms with Crippen LogP contribution in [-0.4, -0.2) is 13.2 Å². The van der Waals surface area contributed by atoms with Crippen LogP contribution in [0.25, 0.3) is 0 Å². The third kappa shape index (κ3) is 4.80. The molecule has 0 aliphatic rings. The number of ether oxygens (including phenoxy) is 1. The lowest BCUT2D eigenvalue weighted by Gasteiger charge is -2.13. The number of rotatable bonds is 7. The van der Waals surface area contributed by atoms with Crippen LogP contribution in [0.4, 0.5) is 0 Å². The van der Waals surface area contributed by atoms with Crippen molar-refractivity contribution >= 4 is 0 Å². The van der Waals surface area contributed by atoms with Crippen molar-refractivity contribution in [3.63, 3.8) is 0 Å². The Morgan fingerprint density at radius 3 is 2.40 bits per heavy atom. The van der Waals surface area contributed by atoms with Crippen molar-refractivity contribution in [3.8, 4) is 0 Å². The second-order valence-electron chi connectivity index (χ2n) is 5.18. The Morgan fingerprint density at radius 1 is 1.00 bits per heavy atom. The first kappa shape index (κ1) is 14.8. The smallest absolute Gasteiger partial charge is 0.0659 e. The van der Waals surface area contributed by atoms with Crippen molar-refractivity contribution in [2.45, 2.75) is 25.8 Å². The van der Waals surface area contributed by atoms with Gasteiger partial charge in [0.15, 0.2) is 0 Å². The fourth-order valence-corrected chi connectivity index (χ4v) is 2.14. The second kappa shape index (κ2) is 7.83. The maximum Gasteiger partial charge on any atom is 0.0659 e. The molecule has 20 heavy (non-hydrogen) atoms. The highest BCUT2D eigenvalue weighted by molar-refractivity contribution is 5.23. The van der Waals surface area contributed by atoms with Crippen LogP contribution in [0.2, 0.25) is 0 Å². The Hall–Kier alpha value is -1.64. The van der Waals surface area contributed by atoms with Gasteiger partial charge in [-0.15, -0.1) is 0 Å². The van der Waals surface area contributed by atoms with E-state index in [2.05, 4.69) is 55.5 Å². The van der Waals surface area contributed by atoms with E-state index in [0.29, 0.717) is 6.61 Å². The summed E-state index contributed by atoms with van der Waals surface area (Å²) in [6.45, 7) is 3.42. The molecule has 106 valence electrons. The third-order valence-electron chi connectivity index (χ3n) is 3.40. The van der Waals surface area contributed by atoms with Crippen molar-refractivity contribution in [2.24, 2.45) is 5.73 Å². The first-order valence-electron chi connectivity index (χ1n) is 7.19. The molecule has 0 saturated heterocycles. The Morgan fingerprint density at radius 2 is 1.70 bits per heavy atom. The SMILES string of the molecule is Cc1ccc(C(N)COCCCc2ccccc2)cc1. The molecule has 0 saturated carbocycles. The van der Waals surface area contributed by atoms with E-state index < -0.39 is 0 Å². The summed E-state index contributed by atoms with van der Waals surface area (Å²) in [6, 6.07) is 18.8. The molecular formula is C18H23NO. The molecule has 0 fully saturated rings. The van der Waals surface area contributed by atoms with Crippen molar-refractivity contribution in [3.05, 3.63) is 71.3 Å². The van der Waals surface area contributed by atoms with E-state index >= 15 is 0 Å². The molecule has 0 spiro atoms. The third-order valence-corrected chi connectivity index (χ3v) is 3.40. The summed E-state index contributed by atoms with van der Waals surface area (Å²) in [5, 5.41) is 0. The zero-order valence-electron chi connectivity index (χ0n) is 12.1. The minimum atomic E-state index is -0.0349. The van der Waals surface area contributed by atoms with E-state index in [1.54, 1.807) is 0 Å². The predicted molar refractivity (Wildman–Crippen MR) is 83.7 cm³/mol. The average molecular weight is 269 g/mol. The van der Waals surface area contributed by atoms with Crippen LogP contribution in [0.3, 0.4) is 0 Å². The summed E-state index contributed by atoms with van der Waals surface area (Å²) in [5.74, 6) is 0. The van der Waals surface area contributed by atoms with Gasteiger partial charge in [-0.1, -0.05) is 60.2 Å². The molecule has 0 bridgehead atoms. The highest BCUT2D eigenvalue weighted by Gasteiger charge is 2.05. The van der Waals surface area contributed by atoms with E-state index in [1.807, 2.05) is 6.07 Å². The summed E-state index contributed by atoms with van der Waals surface area (Å²) in [4.78, 5) is 0. The van der Waals surface area contributed by atoms with E-state index in [-0.39, 0.29) is 6.04 Å². The van der Waals surface area contributed by atoms with Crippen molar-refractivity contribution < 1.29 is 4.74 Å². The average Bonchev–Trinajstić information content (AvgIpc) is 2.48. The normalized spacial score (nSPS) is 12.3. The summed E-state index contributed by atoms with van der Waals surface area (Å²) < 4.78 is 5.68. The standard InChI is InChI=1S/C18H23NO/c1-15-9-11-17(12-10-15)18(19)14-20-13-5-8-16-6-3-2-4-7-16/h2-4,6-7,9-12,18H,5,8,13-14,19H2,1H3. The lowest BCUT2D eigenvalue weighted by atomic mass is 10.1. The Kier molecular flexibility index (Phi) is 5.78. The zero-order valence-corrected chi connectivity index (χ0v) is 12.1. The minimum absolute atomic E-state index is 0.0349. The molecule has 0 amide bonds. The molecule has 2 N–H and O–H groups in total. The molecule has 0 aromatic heterocycles. The van der Waals surface area contributed by atoms with Crippen molar-refractivity contribution in [1.29, 1.82) is 0 Å². The monoisotopic (exact) mass is 269 g/mol. The molecule has 0 aliphatic heterocycles. The molecule has 2 heteroatoms. The van der Waals surface area contributed by atoms with Gasteiger partial charge in [0, 0.05) is 6.61 Å². The largest absolute Gasteiger partial charge is 0.379 e. The number of hydrogen-bond acceptors (Lipinski definition) is 2. The van der Waals surface area contributed by atoms with Gasteiger partial charge in [0.25, 0.3) is 0 Å². The van der Waals surface area contributed by atoms with Crippen LogP contribution in [0, 0.1) is 6.92 Å². The molecule has 1 atom stereocenters. The summed E-state index contributed by atoms with van der Waals surface area (Å²) in [5.41, 5.74) is 9.87. The first-order valence-corrected chi connectivity index (χ1v) is 7.19. The molecule has 0 heterocycles. The van der Waals surface area contributed by atoms with E-state index in [0.717, 1.165) is 25.0 Å². The van der Waals surface area contributed by atoms with E-state index in [9.17, 15) is 0 Å². The maximum atomic E-state index is 6.11. The highest BCUT2D eigenvalue weighted by atomic mass is 16.5. The molecule has 2 nitrogen and oxygen atoms in total. The summed E-state index contributed by atoms with van der Waals surface area (Å²) in [7, 11) is 0. The van der Waals surface area contributed by atoms with Crippen LogP contribution in [-0.2, 0) is 11.2 Å². The number of hydrogen-bond donors (Lipinski definition) is 1. The van der Waals surface area contributed by atoms with Gasteiger partial charge in [0.05, 0.1) is 12.6 Å². The molecule has 1 unspecified atom stereocenters. The molecule has 2 rings (SSSR count). The van der Waals surface area contributed by atoms with Crippen LogP contribution < -0.4 is 5.73 Å². The van der Waals surface area contributed by atoms with Gasteiger partial charge in [0.2, 0.25) is 0 Å². The summed E-state index contributed by atoms with van der Waals surface area (Å²) in [6.07, 6.45) is 2.09. The molecule has 2 aromatic carbocycles. The van der Waals surface area contributed by atoms with Crippen molar-refractivity contribution in [2.75, 3.05) is 13.2 Å². The van der Waals surface area contributed by atoms with E-state index in [4.69, 9.17) is 10.5 Å². The molecule has 0 aliphatic carbocycles. The van der Waals surface area contributed by atoms with Crippen LogP contribution in [0.15, 0.2) is 54.6 Å².